The zero-order valence-electron chi connectivity index (χ0n) is 6.97. The molecule has 0 bridgehead atoms. The number of nitrogens with zero attached hydrogens (tertiary/aromatic N) is 2. The van der Waals surface area contributed by atoms with Gasteiger partial charge in [-0.3, -0.25) is 9.19 Å². The molecule has 5 nitrogen and oxygen atoms in total. The average molecular weight is 200 g/mol. The van der Waals surface area contributed by atoms with E-state index in [9.17, 15) is 8.76 Å². The second kappa shape index (κ2) is 4.88. The van der Waals surface area contributed by atoms with Crippen LogP contribution in [0.1, 0.15) is 12.1 Å². The maximum atomic E-state index is 10.2. The Morgan fingerprint density at radius 1 is 1.46 bits per heavy atom. The summed E-state index contributed by atoms with van der Waals surface area (Å²) in [5.41, 5.74) is 6.09. The van der Waals surface area contributed by atoms with Crippen LogP contribution in [0.2, 0.25) is 0 Å². The normalized spacial score (nSPS) is 12.7. The van der Waals surface area contributed by atoms with Crippen LogP contribution in [0.25, 0.3) is 0 Å². The largest absolute Gasteiger partial charge is 0.772 e. The van der Waals surface area contributed by atoms with Gasteiger partial charge in [0.25, 0.3) is 0 Å². The zero-order valence-corrected chi connectivity index (χ0v) is 7.79. The lowest BCUT2D eigenvalue weighted by Gasteiger charge is -2.03. The van der Waals surface area contributed by atoms with Crippen molar-refractivity contribution >= 4 is 16.9 Å². The maximum Gasteiger partial charge on any atom is 0.141 e. The second-order valence-corrected chi connectivity index (χ2v) is 3.56. The highest BCUT2D eigenvalue weighted by Gasteiger charge is 1.95. The molecule has 0 saturated heterocycles. The van der Waals surface area contributed by atoms with E-state index >= 15 is 0 Å². The quantitative estimate of drug-likeness (QED) is 0.683. The number of anilines is 1. The molecule has 1 heterocycles. The molecule has 0 aliphatic rings. The molecule has 0 saturated carbocycles. The van der Waals surface area contributed by atoms with Gasteiger partial charge in [0.15, 0.2) is 0 Å². The molecule has 13 heavy (non-hydrogen) atoms. The zero-order chi connectivity index (χ0) is 9.68. The molecular weight excluding hydrogens is 190 g/mol. The standard InChI is InChI=1S/C7H11N3O2S/c8-7-5-9-6(4-10-7)2-1-3-13(11)12/h4-5H,1-3H2,(H2,8,10)(H,11,12)/p-1. The molecule has 0 aliphatic heterocycles. The van der Waals surface area contributed by atoms with Gasteiger partial charge in [-0.25, -0.2) is 4.98 Å². The van der Waals surface area contributed by atoms with Crippen LogP contribution < -0.4 is 5.73 Å². The van der Waals surface area contributed by atoms with E-state index < -0.39 is 11.1 Å². The molecule has 1 aromatic heterocycles. The Kier molecular flexibility index (Phi) is 3.78. The van der Waals surface area contributed by atoms with Crippen molar-refractivity contribution < 1.29 is 8.76 Å². The van der Waals surface area contributed by atoms with E-state index in [0.717, 1.165) is 5.69 Å². The number of nitrogens with two attached hydrogens (primary N) is 1. The van der Waals surface area contributed by atoms with Crippen molar-refractivity contribution in [1.29, 1.82) is 0 Å². The average Bonchev–Trinajstić information content (AvgIpc) is 2.08. The molecule has 6 heteroatoms. The van der Waals surface area contributed by atoms with Crippen LogP contribution >= 0.6 is 0 Å². The predicted molar refractivity (Wildman–Crippen MR) is 48.6 cm³/mol. The number of rotatable bonds is 4. The van der Waals surface area contributed by atoms with Crippen molar-refractivity contribution in [1.82, 2.24) is 9.97 Å². The maximum absolute atomic E-state index is 10.2. The first-order valence-electron chi connectivity index (χ1n) is 3.81. The summed E-state index contributed by atoms with van der Waals surface area (Å²) in [5.74, 6) is 0.530. The molecule has 1 unspecified atom stereocenters. The van der Waals surface area contributed by atoms with Crippen molar-refractivity contribution in [3.63, 3.8) is 0 Å². The Morgan fingerprint density at radius 2 is 2.23 bits per heavy atom. The third-order valence-corrected chi connectivity index (χ3v) is 2.09. The van der Waals surface area contributed by atoms with Crippen LogP contribution in [-0.4, -0.2) is 24.5 Å². The minimum absolute atomic E-state index is 0.159. The highest BCUT2D eigenvalue weighted by molar-refractivity contribution is 7.79. The van der Waals surface area contributed by atoms with Crippen LogP contribution in [-0.2, 0) is 17.5 Å². The van der Waals surface area contributed by atoms with Crippen LogP contribution in [0.5, 0.6) is 0 Å². The topological polar surface area (TPSA) is 91.9 Å². The summed E-state index contributed by atoms with van der Waals surface area (Å²) in [6, 6.07) is 0. The van der Waals surface area contributed by atoms with Gasteiger partial charge in [-0.15, -0.1) is 0 Å². The summed E-state index contributed by atoms with van der Waals surface area (Å²) < 4.78 is 20.4. The first-order chi connectivity index (χ1) is 6.18. The Hall–Kier alpha value is -1.01. The summed E-state index contributed by atoms with van der Waals surface area (Å²) in [7, 11) is 0. The smallest absolute Gasteiger partial charge is 0.141 e. The number of hydrogen-bond donors (Lipinski definition) is 1. The third kappa shape index (κ3) is 3.95. The molecule has 1 atom stereocenters. The van der Waals surface area contributed by atoms with Gasteiger partial charge in [-0.1, -0.05) is 11.1 Å². The van der Waals surface area contributed by atoms with E-state index in [2.05, 4.69) is 9.97 Å². The summed E-state index contributed by atoms with van der Waals surface area (Å²) in [6.45, 7) is 0. The van der Waals surface area contributed by atoms with Gasteiger partial charge >= 0.3 is 0 Å². The number of aromatic nitrogens is 2. The van der Waals surface area contributed by atoms with E-state index in [1.54, 1.807) is 6.20 Å². The molecule has 1 aromatic rings. The van der Waals surface area contributed by atoms with E-state index in [0.29, 0.717) is 18.7 Å². The number of hydrogen-bond acceptors (Lipinski definition) is 5. The summed E-state index contributed by atoms with van der Waals surface area (Å²) >= 11 is -1.97. The molecule has 0 radical (unpaired) electrons. The van der Waals surface area contributed by atoms with E-state index in [-0.39, 0.29) is 5.75 Å². The Labute approximate surface area is 78.7 Å². The van der Waals surface area contributed by atoms with Crippen molar-refractivity contribution in [3.8, 4) is 0 Å². The number of aryl methyl sites for hydroxylation is 1. The predicted octanol–water partition coefficient (Wildman–Crippen LogP) is -0.129. The molecule has 72 valence electrons. The van der Waals surface area contributed by atoms with Gasteiger partial charge in [-0.2, -0.15) is 0 Å². The minimum Gasteiger partial charge on any atom is -0.772 e. The molecule has 0 aliphatic carbocycles. The summed E-state index contributed by atoms with van der Waals surface area (Å²) in [4.78, 5) is 7.82. The van der Waals surface area contributed by atoms with Crippen molar-refractivity contribution in [3.05, 3.63) is 18.1 Å². The molecule has 0 aromatic carbocycles. The van der Waals surface area contributed by atoms with Gasteiger partial charge in [0, 0.05) is 5.75 Å². The molecule has 2 N–H and O–H groups in total. The second-order valence-electron chi connectivity index (χ2n) is 2.54. The molecule has 1 rings (SSSR count). The summed E-state index contributed by atoms with van der Waals surface area (Å²) in [5, 5.41) is 0. The fourth-order valence-corrected chi connectivity index (χ4v) is 1.25. The third-order valence-electron chi connectivity index (χ3n) is 1.47. The first-order valence-corrected chi connectivity index (χ1v) is 5.05. The Balaban J connectivity index is 2.37. The first kappa shape index (κ1) is 10.1. The highest BCUT2D eigenvalue weighted by atomic mass is 32.2. The Morgan fingerprint density at radius 3 is 2.77 bits per heavy atom. The SMILES string of the molecule is Nc1cnc(CCCS(=O)[O-])cn1. The monoisotopic (exact) mass is 200 g/mol. The van der Waals surface area contributed by atoms with Crippen molar-refractivity contribution in [2.45, 2.75) is 12.8 Å². The minimum atomic E-state index is -1.97. The van der Waals surface area contributed by atoms with Crippen LogP contribution in [0.4, 0.5) is 5.82 Å². The van der Waals surface area contributed by atoms with Gasteiger partial charge in [-0.05, 0) is 12.8 Å². The lowest BCUT2D eigenvalue weighted by atomic mass is 10.3. The van der Waals surface area contributed by atoms with Gasteiger partial charge in [0.05, 0.1) is 18.1 Å². The van der Waals surface area contributed by atoms with Gasteiger partial charge in [0.1, 0.15) is 5.82 Å². The van der Waals surface area contributed by atoms with Crippen LogP contribution in [0.15, 0.2) is 12.4 Å². The van der Waals surface area contributed by atoms with Gasteiger partial charge < -0.3 is 10.3 Å². The van der Waals surface area contributed by atoms with Gasteiger partial charge in [0.2, 0.25) is 0 Å². The van der Waals surface area contributed by atoms with Crippen LogP contribution in [0.3, 0.4) is 0 Å². The fourth-order valence-electron chi connectivity index (χ4n) is 0.865. The van der Waals surface area contributed by atoms with Crippen molar-refractivity contribution in [2.24, 2.45) is 0 Å². The van der Waals surface area contributed by atoms with E-state index in [1.165, 1.54) is 6.20 Å². The summed E-state index contributed by atoms with van der Waals surface area (Å²) in [6.07, 6.45) is 4.20. The lowest BCUT2D eigenvalue weighted by molar-refractivity contribution is 0.534. The molecular formula is C7H10N3O2S-. The molecule has 0 amide bonds. The van der Waals surface area contributed by atoms with E-state index in [4.69, 9.17) is 5.73 Å². The highest BCUT2D eigenvalue weighted by Crippen LogP contribution is 2.00. The van der Waals surface area contributed by atoms with Crippen molar-refractivity contribution in [2.75, 3.05) is 11.5 Å². The van der Waals surface area contributed by atoms with Crippen LogP contribution in [0, 0.1) is 0 Å². The Bertz CT molecular complexity index is 288. The fraction of sp³-hybridized carbons (Fsp3) is 0.429. The van der Waals surface area contributed by atoms with E-state index in [1.807, 2.05) is 0 Å². The number of nitrogen functional groups attached to an aromatic ring is 1. The molecule has 0 spiro atoms. The molecule has 0 fully saturated rings. The lowest BCUT2D eigenvalue weighted by Crippen LogP contribution is -2.00.